The number of nitrogens with one attached hydrogen (secondary N) is 1. The zero-order valence-corrected chi connectivity index (χ0v) is 13.9. The van der Waals surface area contributed by atoms with Gasteiger partial charge >= 0.3 is 6.03 Å². The predicted molar refractivity (Wildman–Crippen MR) is 87.8 cm³/mol. The highest BCUT2D eigenvalue weighted by atomic mass is 32.2. The van der Waals surface area contributed by atoms with Crippen LogP contribution < -0.4 is 5.32 Å². The lowest BCUT2D eigenvalue weighted by molar-refractivity contribution is 0.194. The van der Waals surface area contributed by atoms with Crippen molar-refractivity contribution in [3.8, 4) is 0 Å². The molecular weight excluding hydrogens is 284 g/mol. The van der Waals surface area contributed by atoms with Gasteiger partial charge in [-0.3, -0.25) is 4.21 Å². The minimum atomic E-state index is -0.976. The fraction of sp³-hybridized carbons (Fsp3) is 0.438. The lowest BCUT2D eigenvalue weighted by Crippen LogP contribution is -2.39. The van der Waals surface area contributed by atoms with E-state index in [1.807, 2.05) is 50.3 Å². The van der Waals surface area contributed by atoms with Crippen LogP contribution in [0.15, 0.2) is 41.3 Å². The Kier molecular flexibility index (Phi) is 7.15. The minimum Gasteiger partial charge on any atom is -0.338 e. The highest BCUT2D eigenvalue weighted by Gasteiger charge is 2.16. The summed E-state index contributed by atoms with van der Waals surface area (Å²) in [6, 6.07) is 7.41. The van der Waals surface area contributed by atoms with Gasteiger partial charge in [-0.2, -0.15) is 0 Å². The van der Waals surface area contributed by atoms with Crippen LogP contribution >= 0.6 is 0 Å². The smallest absolute Gasteiger partial charge is 0.317 e. The van der Waals surface area contributed by atoms with E-state index in [2.05, 4.69) is 5.32 Å². The molecular formula is C16H24N2O2S. The molecule has 0 heterocycles. The van der Waals surface area contributed by atoms with Gasteiger partial charge in [0.15, 0.2) is 0 Å². The molecule has 0 aromatic heterocycles. The van der Waals surface area contributed by atoms with E-state index in [0.717, 1.165) is 16.9 Å². The number of hydrogen-bond acceptors (Lipinski definition) is 2. The van der Waals surface area contributed by atoms with Gasteiger partial charge in [0.25, 0.3) is 0 Å². The van der Waals surface area contributed by atoms with Crippen molar-refractivity contribution < 1.29 is 9.00 Å². The van der Waals surface area contributed by atoms with E-state index >= 15 is 0 Å². The van der Waals surface area contributed by atoms with Gasteiger partial charge in [0, 0.05) is 35.5 Å². The molecule has 21 heavy (non-hydrogen) atoms. The Morgan fingerprint density at radius 3 is 2.52 bits per heavy atom. The Hall–Kier alpha value is -1.62. The Balaban J connectivity index is 2.62. The summed E-state index contributed by atoms with van der Waals surface area (Å²) in [4.78, 5) is 14.5. The number of hydrogen-bond donors (Lipinski definition) is 1. The highest BCUT2D eigenvalue weighted by molar-refractivity contribution is 7.84. The van der Waals surface area contributed by atoms with Crippen LogP contribution in [0.4, 0.5) is 4.79 Å². The lowest BCUT2D eigenvalue weighted by atomic mass is 10.1. The summed E-state index contributed by atoms with van der Waals surface area (Å²) < 4.78 is 11.4. The summed E-state index contributed by atoms with van der Waals surface area (Å²) in [6.45, 7) is 4.57. The van der Waals surface area contributed by atoms with Crippen molar-refractivity contribution in [1.82, 2.24) is 10.2 Å². The Morgan fingerprint density at radius 2 is 2.00 bits per heavy atom. The third kappa shape index (κ3) is 5.34. The topological polar surface area (TPSA) is 49.4 Å². The molecule has 2 atom stereocenters. The molecule has 0 bridgehead atoms. The van der Waals surface area contributed by atoms with Crippen molar-refractivity contribution in [2.75, 3.05) is 19.8 Å². The van der Waals surface area contributed by atoms with Gasteiger partial charge in [0.05, 0.1) is 6.04 Å². The Morgan fingerprint density at radius 1 is 1.38 bits per heavy atom. The van der Waals surface area contributed by atoms with Crippen LogP contribution in [0, 0.1) is 0 Å². The van der Waals surface area contributed by atoms with Crippen LogP contribution in [-0.2, 0) is 10.8 Å². The Labute approximate surface area is 129 Å². The summed E-state index contributed by atoms with van der Waals surface area (Å²) in [5, 5.41) is 2.88. The van der Waals surface area contributed by atoms with Gasteiger partial charge in [0.2, 0.25) is 0 Å². The average Bonchev–Trinajstić information content (AvgIpc) is 2.50. The van der Waals surface area contributed by atoms with Gasteiger partial charge in [-0.25, -0.2) is 4.79 Å². The van der Waals surface area contributed by atoms with Gasteiger partial charge in [-0.15, -0.1) is 0 Å². The summed E-state index contributed by atoms with van der Waals surface area (Å²) in [5.74, 6) is 0. The van der Waals surface area contributed by atoms with E-state index in [-0.39, 0.29) is 12.1 Å². The standard InChI is InChI=1S/C16H24N2O2S/c1-5-6-7-12-17-16(19)18(3)13(2)14-8-10-15(11-9-14)21(4)20/h5-6,8-11,13H,7,12H2,1-4H3,(H,17,19)/b6-5+/t13-,21-/m1/s1. The molecule has 0 aliphatic carbocycles. The fourth-order valence-electron chi connectivity index (χ4n) is 1.89. The second-order valence-electron chi connectivity index (χ2n) is 4.90. The first kappa shape index (κ1) is 17.4. The minimum absolute atomic E-state index is 0.0361. The van der Waals surface area contributed by atoms with E-state index in [4.69, 9.17) is 0 Å². The van der Waals surface area contributed by atoms with E-state index in [0.29, 0.717) is 6.54 Å². The molecule has 0 aliphatic heterocycles. The van der Waals surface area contributed by atoms with Crippen LogP contribution in [0.5, 0.6) is 0 Å². The molecule has 0 aliphatic rings. The maximum atomic E-state index is 12.0. The molecule has 0 radical (unpaired) electrons. The summed E-state index contributed by atoms with van der Waals surface area (Å²) >= 11 is 0. The summed E-state index contributed by atoms with van der Waals surface area (Å²) in [5.41, 5.74) is 1.02. The molecule has 0 saturated carbocycles. The molecule has 116 valence electrons. The van der Waals surface area contributed by atoms with Crippen LogP contribution in [0.2, 0.25) is 0 Å². The molecule has 4 nitrogen and oxygen atoms in total. The lowest BCUT2D eigenvalue weighted by Gasteiger charge is -2.25. The van der Waals surface area contributed by atoms with Crippen molar-refractivity contribution in [2.45, 2.75) is 31.2 Å². The van der Waals surface area contributed by atoms with Crippen molar-refractivity contribution in [3.05, 3.63) is 42.0 Å². The number of nitrogens with zero attached hydrogens (tertiary/aromatic N) is 1. The number of urea groups is 1. The van der Waals surface area contributed by atoms with Crippen LogP contribution in [0.1, 0.15) is 31.9 Å². The second kappa shape index (κ2) is 8.62. The average molecular weight is 308 g/mol. The number of rotatable bonds is 6. The molecule has 1 N–H and O–H groups in total. The fourth-order valence-corrected chi connectivity index (χ4v) is 2.41. The summed E-state index contributed by atoms with van der Waals surface area (Å²) in [6.07, 6.45) is 6.48. The first-order valence-corrected chi connectivity index (χ1v) is 8.58. The molecule has 0 fully saturated rings. The SMILES string of the molecule is C/C=C/CCNC(=O)N(C)[C@H](C)c1ccc([S@@](C)=O)cc1. The normalized spacial score (nSPS) is 13.9. The Bertz CT molecular complexity index is 512. The van der Waals surface area contributed by atoms with Crippen molar-refractivity contribution in [1.29, 1.82) is 0 Å². The molecule has 0 unspecified atom stereocenters. The molecule has 0 saturated heterocycles. The number of allylic oxidation sites excluding steroid dienone is 1. The number of carbonyl (C=O) groups is 1. The van der Waals surface area contributed by atoms with E-state index in [1.54, 1.807) is 18.2 Å². The number of benzene rings is 1. The zero-order valence-electron chi connectivity index (χ0n) is 13.1. The van der Waals surface area contributed by atoms with Crippen LogP contribution in [-0.4, -0.2) is 35.0 Å². The van der Waals surface area contributed by atoms with Gasteiger partial charge in [-0.1, -0.05) is 24.3 Å². The predicted octanol–water partition coefficient (Wildman–Crippen LogP) is 3.09. The monoisotopic (exact) mass is 308 g/mol. The van der Waals surface area contributed by atoms with Gasteiger partial charge in [0.1, 0.15) is 0 Å². The highest BCUT2D eigenvalue weighted by Crippen LogP contribution is 2.20. The maximum Gasteiger partial charge on any atom is 0.317 e. The third-order valence-electron chi connectivity index (χ3n) is 3.42. The molecule has 5 heteroatoms. The largest absolute Gasteiger partial charge is 0.338 e. The van der Waals surface area contributed by atoms with Crippen molar-refractivity contribution in [3.63, 3.8) is 0 Å². The molecule has 1 aromatic rings. The second-order valence-corrected chi connectivity index (χ2v) is 6.28. The van der Waals surface area contributed by atoms with E-state index in [9.17, 15) is 9.00 Å². The molecule has 1 aromatic carbocycles. The first-order chi connectivity index (χ1) is 9.97. The van der Waals surface area contributed by atoms with Crippen molar-refractivity contribution in [2.24, 2.45) is 0 Å². The van der Waals surface area contributed by atoms with Crippen molar-refractivity contribution >= 4 is 16.8 Å². The molecule has 2 amide bonds. The first-order valence-electron chi connectivity index (χ1n) is 7.02. The maximum absolute atomic E-state index is 12.0. The zero-order chi connectivity index (χ0) is 15.8. The molecule has 1 rings (SSSR count). The van der Waals surface area contributed by atoms with Gasteiger partial charge in [-0.05, 0) is 38.0 Å². The van der Waals surface area contributed by atoms with E-state index in [1.165, 1.54) is 0 Å². The quantitative estimate of drug-likeness (QED) is 0.648. The third-order valence-corrected chi connectivity index (χ3v) is 4.35. The van der Waals surface area contributed by atoms with E-state index < -0.39 is 10.8 Å². The summed E-state index contributed by atoms with van der Waals surface area (Å²) in [7, 11) is 0.804. The number of carbonyl (C=O) groups excluding carboxylic acids is 1. The molecule has 0 spiro atoms. The number of amides is 2. The van der Waals surface area contributed by atoms with Gasteiger partial charge < -0.3 is 10.2 Å². The van der Waals surface area contributed by atoms with Crippen LogP contribution in [0.25, 0.3) is 0 Å². The van der Waals surface area contributed by atoms with Crippen LogP contribution in [0.3, 0.4) is 0 Å².